The molecule has 0 aliphatic heterocycles. The second-order valence-electron chi connectivity index (χ2n) is 5.85. The predicted molar refractivity (Wildman–Crippen MR) is 104 cm³/mol. The van der Waals surface area contributed by atoms with E-state index in [0.717, 1.165) is 5.56 Å². The van der Waals surface area contributed by atoms with Crippen LogP contribution in [0.15, 0.2) is 24.3 Å². The Morgan fingerprint density at radius 2 is 1.89 bits per heavy atom. The molecule has 0 radical (unpaired) electrons. The molecule has 2 aromatic rings. The maximum atomic E-state index is 12.7. The maximum Gasteiger partial charge on any atom is 0.340 e. The zero-order valence-electron chi connectivity index (χ0n) is 16.3. The number of hydrogen-bond acceptors (Lipinski definition) is 5. The fraction of sp³-hybridized carbons (Fsp3) is 0.333. The van der Waals surface area contributed by atoms with Crippen LogP contribution < -0.4 is 9.47 Å². The summed E-state index contributed by atoms with van der Waals surface area (Å²) in [6.45, 7) is 7.90. The lowest BCUT2D eigenvalue weighted by Gasteiger charge is -2.11. The number of nitrogens with one attached hydrogen (secondary N) is 1. The third-order valence-corrected chi connectivity index (χ3v) is 4.09. The molecule has 0 saturated heterocycles. The Morgan fingerprint density at radius 1 is 1.15 bits per heavy atom. The van der Waals surface area contributed by atoms with Gasteiger partial charge in [-0.05, 0) is 51.5 Å². The summed E-state index contributed by atoms with van der Waals surface area (Å²) < 4.78 is 16.0. The van der Waals surface area contributed by atoms with E-state index in [-0.39, 0.29) is 12.4 Å². The van der Waals surface area contributed by atoms with Gasteiger partial charge in [0.2, 0.25) is 5.78 Å². The van der Waals surface area contributed by atoms with Crippen molar-refractivity contribution >= 4 is 17.8 Å². The Kier molecular flexibility index (Phi) is 6.82. The second kappa shape index (κ2) is 9.07. The molecule has 144 valence electrons. The van der Waals surface area contributed by atoms with Crippen LogP contribution in [0.5, 0.6) is 11.5 Å². The number of aryl methyl sites for hydroxylation is 1. The number of carbonyl (C=O) groups is 2. The first kappa shape index (κ1) is 20.3. The molecule has 0 saturated carbocycles. The highest BCUT2D eigenvalue weighted by Crippen LogP contribution is 2.32. The minimum atomic E-state index is -0.433. The van der Waals surface area contributed by atoms with E-state index in [1.165, 1.54) is 6.08 Å². The molecule has 0 spiro atoms. The molecule has 1 N–H and O–H groups in total. The Bertz CT molecular complexity index is 864. The van der Waals surface area contributed by atoms with Gasteiger partial charge in [-0.2, -0.15) is 0 Å². The van der Waals surface area contributed by atoms with E-state index in [0.29, 0.717) is 40.6 Å². The summed E-state index contributed by atoms with van der Waals surface area (Å²) in [7, 11) is 1.56. The average molecular weight is 371 g/mol. The van der Waals surface area contributed by atoms with Crippen LogP contribution in [0.4, 0.5) is 0 Å². The Balaban J connectivity index is 2.32. The van der Waals surface area contributed by atoms with Gasteiger partial charge in [0.15, 0.2) is 11.5 Å². The first-order chi connectivity index (χ1) is 12.9. The fourth-order valence-corrected chi connectivity index (χ4v) is 2.91. The molecule has 1 heterocycles. The van der Waals surface area contributed by atoms with Gasteiger partial charge in [0.05, 0.1) is 31.6 Å². The van der Waals surface area contributed by atoms with E-state index in [1.807, 2.05) is 25.1 Å². The van der Waals surface area contributed by atoms with E-state index in [2.05, 4.69) is 4.98 Å². The SMILES string of the molecule is CCOC(=O)c1c(C)[nH]c(C(=O)/C=C/c2cccc(OCC)c2OC)c1C. The summed E-state index contributed by atoms with van der Waals surface area (Å²) in [6, 6.07) is 5.48. The van der Waals surface area contributed by atoms with Crippen molar-refractivity contribution in [3.8, 4) is 11.5 Å². The number of para-hydroxylation sites is 1. The van der Waals surface area contributed by atoms with Gasteiger partial charge in [-0.25, -0.2) is 4.79 Å². The number of hydrogen-bond donors (Lipinski definition) is 1. The van der Waals surface area contributed by atoms with Crippen LogP contribution >= 0.6 is 0 Å². The Morgan fingerprint density at radius 3 is 2.52 bits per heavy atom. The molecule has 0 amide bonds. The normalized spacial score (nSPS) is 10.9. The summed E-state index contributed by atoms with van der Waals surface area (Å²) in [5.74, 6) is 0.508. The van der Waals surface area contributed by atoms with E-state index in [9.17, 15) is 9.59 Å². The highest BCUT2D eigenvalue weighted by atomic mass is 16.5. The van der Waals surface area contributed by atoms with Crippen molar-refractivity contribution in [2.45, 2.75) is 27.7 Å². The summed E-state index contributed by atoms with van der Waals surface area (Å²) >= 11 is 0. The number of esters is 1. The molecule has 0 bridgehead atoms. The standard InChI is InChI=1S/C21H25NO5/c1-6-26-17-10-8-9-15(20(17)25-5)11-12-16(23)19-13(3)18(14(4)22-19)21(24)27-7-2/h8-12,22H,6-7H2,1-5H3/b12-11+. The van der Waals surface area contributed by atoms with Crippen LogP contribution in [0.1, 0.15) is 51.5 Å². The molecule has 1 aromatic heterocycles. The number of allylic oxidation sites excluding steroid dienone is 1. The maximum absolute atomic E-state index is 12.7. The Labute approximate surface area is 159 Å². The van der Waals surface area contributed by atoms with Crippen molar-refractivity contribution in [3.05, 3.63) is 52.4 Å². The second-order valence-corrected chi connectivity index (χ2v) is 5.85. The monoisotopic (exact) mass is 371 g/mol. The smallest absolute Gasteiger partial charge is 0.340 e. The number of aromatic nitrogens is 1. The van der Waals surface area contributed by atoms with Gasteiger partial charge in [0, 0.05) is 11.3 Å². The van der Waals surface area contributed by atoms with Crippen molar-refractivity contribution in [3.63, 3.8) is 0 Å². The first-order valence-electron chi connectivity index (χ1n) is 8.83. The summed E-state index contributed by atoms with van der Waals surface area (Å²) in [4.78, 5) is 27.7. The van der Waals surface area contributed by atoms with Gasteiger partial charge in [-0.3, -0.25) is 4.79 Å². The zero-order chi connectivity index (χ0) is 20.0. The number of methoxy groups -OCH3 is 1. The lowest BCUT2D eigenvalue weighted by Crippen LogP contribution is -2.07. The average Bonchev–Trinajstić information content (AvgIpc) is 2.94. The molecule has 0 fully saturated rings. The quantitative estimate of drug-likeness (QED) is 0.429. The molecule has 6 nitrogen and oxygen atoms in total. The van der Waals surface area contributed by atoms with Crippen LogP contribution in [0, 0.1) is 13.8 Å². The van der Waals surface area contributed by atoms with Crippen molar-refractivity contribution in [2.75, 3.05) is 20.3 Å². The third kappa shape index (κ3) is 4.39. The van der Waals surface area contributed by atoms with Gasteiger partial charge in [-0.15, -0.1) is 0 Å². The molecule has 0 aliphatic rings. The number of benzene rings is 1. The molecule has 1 aromatic carbocycles. The van der Waals surface area contributed by atoms with Crippen molar-refractivity contribution in [2.24, 2.45) is 0 Å². The fourth-order valence-electron chi connectivity index (χ4n) is 2.91. The van der Waals surface area contributed by atoms with Crippen LogP contribution in [0.3, 0.4) is 0 Å². The van der Waals surface area contributed by atoms with Gasteiger partial charge in [0.1, 0.15) is 0 Å². The minimum absolute atomic E-state index is 0.241. The molecular formula is C21H25NO5. The van der Waals surface area contributed by atoms with E-state index in [4.69, 9.17) is 14.2 Å². The number of carbonyl (C=O) groups excluding carboxylic acids is 2. The van der Waals surface area contributed by atoms with Crippen LogP contribution in [-0.2, 0) is 4.74 Å². The molecule has 27 heavy (non-hydrogen) atoms. The molecule has 0 aliphatic carbocycles. The van der Waals surface area contributed by atoms with E-state index in [1.54, 1.807) is 34.0 Å². The molecule has 2 rings (SSSR count). The van der Waals surface area contributed by atoms with Crippen LogP contribution in [0.25, 0.3) is 6.08 Å². The van der Waals surface area contributed by atoms with Gasteiger partial charge < -0.3 is 19.2 Å². The lowest BCUT2D eigenvalue weighted by atomic mass is 10.1. The number of rotatable bonds is 8. The predicted octanol–water partition coefficient (Wildman–Crippen LogP) is 4.11. The lowest BCUT2D eigenvalue weighted by molar-refractivity contribution is 0.0525. The number of ketones is 1. The van der Waals surface area contributed by atoms with Crippen molar-refractivity contribution in [1.29, 1.82) is 0 Å². The van der Waals surface area contributed by atoms with Crippen molar-refractivity contribution < 1.29 is 23.8 Å². The summed E-state index contributed by atoms with van der Waals surface area (Å²) in [5, 5.41) is 0. The van der Waals surface area contributed by atoms with Crippen LogP contribution in [0.2, 0.25) is 0 Å². The molecule has 6 heteroatoms. The highest BCUT2D eigenvalue weighted by molar-refractivity contribution is 6.09. The van der Waals surface area contributed by atoms with Crippen LogP contribution in [-0.4, -0.2) is 37.1 Å². The molecular weight excluding hydrogens is 346 g/mol. The largest absolute Gasteiger partial charge is 0.492 e. The highest BCUT2D eigenvalue weighted by Gasteiger charge is 2.21. The number of H-pyrrole nitrogens is 1. The van der Waals surface area contributed by atoms with Gasteiger partial charge in [-0.1, -0.05) is 12.1 Å². The number of aromatic amines is 1. The molecule has 0 atom stereocenters. The van der Waals surface area contributed by atoms with E-state index >= 15 is 0 Å². The third-order valence-electron chi connectivity index (χ3n) is 4.09. The molecule has 0 unspecified atom stereocenters. The first-order valence-corrected chi connectivity index (χ1v) is 8.83. The Hall–Kier alpha value is -3.02. The van der Waals surface area contributed by atoms with Gasteiger partial charge >= 0.3 is 5.97 Å². The summed E-state index contributed by atoms with van der Waals surface area (Å²) in [5.41, 5.74) is 2.69. The number of ether oxygens (including phenoxy) is 3. The van der Waals surface area contributed by atoms with Gasteiger partial charge in [0.25, 0.3) is 0 Å². The topological polar surface area (TPSA) is 77.6 Å². The van der Waals surface area contributed by atoms with Crippen molar-refractivity contribution in [1.82, 2.24) is 4.98 Å². The zero-order valence-corrected chi connectivity index (χ0v) is 16.3. The van der Waals surface area contributed by atoms with E-state index < -0.39 is 5.97 Å². The summed E-state index contributed by atoms with van der Waals surface area (Å²) in [6.07, 6.45) is 3.12. The minimum Gasteiger partial charge on any atom is -0.492 e.